The normalized spacial score (nSPS) is 37.2. The van der Waals surface area contributed by atoms with Crippen molar-refractivity contribution < 1.29 is 5.11 Å². The van der Waals surface area contributed by atoms with Gasteiger partial charge in [0.15, 0.2) is 0 Å². The van der Waals surface area contributed by atoms with Crippen molar-refractivity contribution in [2.24, 2.45) is 17.8 Å². The Balaban J connectivity index is 1.76. The maximum absolute atomic E-state index is 10.1. The predicted octanol–water partition coefficient (Wildman–Crippen LogP) is 2.91. The molecule has 3 atom stereocenters. The molecule has 2 rings (SSSR count). The minimum absolute atomic E-state index is 0.0323. The first-order chi connectivity index (χ1) is 8.19. The molecule has 0 radical (unpaired) electrons. The molecule has 2 heteroatoms. The zero-order valence-electron chi connectivity index (χ0n) is 11.6. The summed E-state index contributed by atoms with van der Waals surface area (Å²) in [5.74, 6) is 2.31. The lowest BCUT2D eigenvalue weighted by Gasteiger charge is -2.38. The zero-order valence-corrected chi connectivity index (χ0v) is 11.6. The van der Waals surface area contributed by atoms with E-state index in [-0.39, 0.29) is 6.10 Å². The summed E-state index contributed by atoms with van der Waals surface area (Å²) < 4.78 is 0. The van der Waals surface area contributed by atoms with Crippen molar-refractivity contribution in [3.05, 3.63) is 0 Å². The standard InChI is InChI=1S/C15H29NO/c1-3-13-6-8-16(9-7-13)11-14-10-12(2)4-5-15(14)17/h12-15,17H,3-11H2,1-2H3. The van der Waals surface area contributed by atoms with Gasteiger partial charge in [-0.1, -0.05) is 20.3 Å². The van der Waals surface area contributed by atoms with Crippen LogP contribution in [0.3, 0.4) is 0 Å². The fourth-order valence-corrected chi connectivity index (χ4v) is 3.59. The van der Waals surface area contributed by atoms with Crippen molar-refractivity contribution in [2.75, 3.05) is 19.6 Å². The summed E-state index contributed by atoms with van der Waals surface area (Å²) in [6.07, 6.45) is 7.53. The fourth-order valence-electron chi connectivity index (χ4n) is 3.59. The van der Waals surface area contributed by atoms with Gasteiger partial charge in [0.05, 0.1) is 6.10 Å². The van der Waals surface area contributed by atoms with Gasteiger partial charge in [-0.15, -0.1) is 0 Å². The van der Waals surface area contributed by atoms with Crippen LogP contribution in [0.1, 0.15) is 52.4 Å². The molecular formula is C15H29NO. The van der Waals surface area contributed by atoms with Crippen LogP contribution in [-0.4, -0.2) is 35.7 Å². The molecule has 3 unspecified atom stereocenters. The highest BCUT2D eigenvalue weighted by molar-refractivity contribution is 4.82. The van der Waals surface area contributed by atoms with E-state index in [1.54, 1.807) is 0 Å². The van der Waals surface area contributed by atoms with Crippen LogP contribution in [0.15, 0.2) is 0 Å². The lowest BCUT2D eigenvalue weighted by molar-refractivity contribution is 0.0236. The Labute approximate surface area is 106 Å². The Morgan fingerprint density at radius 3 is 2.47 bits per heavy atom. The van der Waals surface area contributed by atoms with Crippen LogP contribution in [0.2, 0.25) is 0 Å². The van der Waals surface area contributed by atoms with Gasteiger partial charge in [-0.25, -0.2) is 0 Å². The van der Waals surface area contributed by atoms with E-state index in [0.717, 1.165) is 24.8 Å². The summed E-state index contributed by atoms with van der Waals surface area (Å²) in [7, 11) is 0. The maximum atomic E-state index is 10.1. The quantitative estimate of drug-likeness (QED) is 0.818. The highest BCUT2D eigenvalue weighted by atomic mass is 16.3. The molecule has 17 heavy (non-hydrogen) atoms. The zero-order chi connectivity index (χ0) is 12.3. The molecule has 0 spiro atoms. The SMILES string of the molecule is CCC1CCN(CC2CC(C)CCC2O)CC1. The van der Waals surface area contributed by atoms with E-state index in [2.05, 4.69) is 18.7 Å². The Morgan fingerprint density at radius 1 is 1.12 bits per heavy atom. The molecule has 2 fully saturated rings. The smallest absolute Gasteiger partial charge is 0.0580 e. The molecule has 0 aromatic carbocycles. The van der Waals surface area contributed by atoms with Crippen LogP contribution in [0.25, 0.3) is 0 Å². The monoisotopic (exact) mass is 239 g/mol. The third kappa shape index (κ3) is 3.69. The molecule has 1 aliphatic carbocycles. The molecular weight excluding hydrogens is 210 g/mol. The second kappa shape index (κ2) is 6.19. The van der Waals surface area contributed by atoms with Crippen molar-refractivity contribution in [2.45, 2.75) is 58.5 Å². The van der Waals surface area contributed by atoms with Gasteiger partial charge >= 0.3 is 0 Å². The Morgan fingerprint density at radius 2 is 1.82 bits per heavy atom. The number of piperidine rings is 1. The Hall–Kier alpha value is -0.0800. The summed E-state index contributed by atoms with van der Waals surface area (Å²) in [6, 6.07) is 0. The van der Waals surface area contributed by atoms with Gasteiger partial charge in [0.25, 0.3) is 0 Å². The minimum atomic E-state index is -0.0323. The first-order valence-corrected chi connectivity index (χ1v) is 7.59. The molecule has 1 aliphatic heterocycles. The van der Waals surface area contributed by atoms with Gasteiger partial charge in [-0.05, 0) is 62.9 Å². The summed E-state index contributed by atoms with van der Waals surface area (Å²) >= 11 is 0. The second-order valence-corrected chi connectivity index (χ2v) is 6.40. The molecule has 1 saturated carbocycles. The van der Waals surface area contributed by atoms with E-state index >= 15 is 0 Å². The number of rotatable bonds is 3. The van der Waals surface area contributed by atoms with Crippen LogP contribution in [0, 0.1) is 17.8 Å². The van der Waals surface area contributed by atoms with E-state index in [0.29, 0.717) is 5.92 Å². The van der Waals surface area contributed by atoms with E-state index in [1.165, 1.54) is 45.2 Å². The first kappa shape index (κ1) is 13.4. The molecule has 1 N–H and O–H groups in total. The topological polar surface area (TPSA) is 23.5 Å². The largest absolute Gasteiger partial charge is 0.393 e. The number of likely N-dealkylation sites (tertiary alicyclic amines) is 1. The third-order valence-electron chi connectivity index (χ3n) is 4.98. The lowest BCUT2D eigenvalue weighted by atomic mass is 9.79. The molecule has 0 aromatic heterocycles. The Kier molecular flexibility index (Phi) is 4.87. The van der Waals surface area contributed by atoms with Crippen molar-refractivity contribution >= 4 is 0 Å². The highest BCUT2D eigenvalue weighted by Crippen LogP contribution is 2.30. The second-order valence-electron chi connectivity index (χ2n) is 6.40. The van der Waals surface area contributed by atoms with Crippen LogP contribution >= 0.6 is 0 Å². The third-order valence-corrected chi connectivity index (χ3v) is 4.98. The van der Waals surface area contributed by atoms with Gasteiger partial charge in [0.2, 0.25) is 0 Å². The van der Waals surface area contributed by atoms with E-state index in [9.17, 15) is 5.11 Å². The lowest BCUT2D eigenvalue weighted by Crippen LogP contribution is -2.42. The summed E-state index contributed by atoms with van der Waals surface area (Å²) in [4.78, 5) is 2.60. The molecule has 0 aromatic rings. The highest BCUT2D eigenvalue weighted by Gasteiger charge is 2.29. The van der Waals surface area contributed by atoms with Crippen LogP contribution in [-0.2, 0) is 0 Å². The van der Waals surface area contributed by atoms with Crippen molar-refractivity contribution in [1.82, 2.24) is 4.90 Å². The van der Waals surface area contributed by atoms with E-state index < -0.39 is 0 Å². The molecule has 1 heterocycles. The van der Waals surface area contributed by atoms with Crippen molar-refractivity contribution in [3.8, 4) is 0 Å². The van der Waals surface area contributed by atoms with E-state index in [1.807, 2.05) is 0 Å². The van der Waals surface area contributed by atoms with Crippen LogP contribution < -0.4 is 0 Å². The van der Waals surface area contributed by atoms with Crippen LogP contribution in [0.4, 0.5) is 0 Å². The molecule has 0 bridgehead atoms. The van der Waals surface area contributed by atoms with Gasteiger partial charge in [-0.2, -0.15) is 0 Å². The summed E-state index contributed by atoms with van der Waals surface area (Å²) in [5.41, 5.74) is 0. The van der Waals surface area contributed by atoms with Gasteiger partial charge in [0.1, 0.15) is 0 Å². The van der Waals surface area contributed by atoms with Gasteiger partial charge in [-0.3, -0.25) is 0 Å². The van der Waals surface area contributed by atoms with Gasteiger partial charge in [0, 0.05) is 6.54 Å². The summed E-state index contributed by atoms with van der Waals surface area (Å²) in [6.45, 7) is 8.31. The number of aliphatic hydroxyl groups excluding tert-OH is 1. The fraction of sp³-hybridized carbons (Fsp3) is 1.00. The number of hydrogen-bond donors (Lipinski definition) is 1. The number of hydrogen-bond acceptors (Lipinski definition) is 2. The molecule has 2 nitrogen and oxygen atoms in total. The average molecular weight is 239 g/mol. The van der Waals surface area contributed by atoms with Gasteiger partial charge < -0.3 is 10.0 Å². The average Bonchev–Trinajstić information content (AvgIpc) is 2.35. The molecule has 2 aliphatic rings. The Bertz CT molecular complexity index is 223. The summed E-state index contributed by atoms with van der Waals surface area (Å²) in [5, 5.41) is 10.1. The minimum Gasteiger partial charge on any atom is -0.393 e. The maximum Gasteiger partial charge on any atom is 0.0580 e. The van der Waals surface area contributed by atoms with Crippen molar-refractivity contribution in [1.29, 1.82) is 0 Å². The van der Waals surface area contributed by atoms with Crippen LogP contribution in [0.5, 0.6) is 0 Å². The molecule has 1 saturated heterocycles. The molecule has 0 amide bonds. The number of nitrogens with zero attached hydrogens (tertiary/aromatic N) is 1. The number of aliphatic hydroxyl groups is 1. The molecule has 100 valence electrons. The van der Waals surface area contributed by atoms with E-state index in [4.69, 9.17) is 0 Å². The first-order valence-electron chi connectivity index (χ1n) is 7.59. The predicted molar refractivity (Wildman–Crippen MR) is 72.0 cm³/mol. The van der Waals surface area contributed by atoms with Crippen molar-refractivity contribution in [3.63, 3.8) is 0 Å².